The van der Waals surface area contributed by atoms with Crippen LogP contribution in [0.2, 0.25) is 0 Å². The van der Waals surface area contributed by atoms with Crippen LogP contribution >= 0.6 is 45.2 Å². The normalized spacial score (nSPS) is 9.00. The molecule has 0 atom stereocenters. The van der Waals surface area contributed by atoms with Gasteiger partial charge in [-0.1, -0.05) is 0 Å². The highest BCUT2D eigenvalue weighted by molar-refractivity contribution is 14.1. The summed E-state index contributed by atoms with van der Waals surface area (Å²) in [5, 5.41) is 8.82. The van der Waals surface area contributed by atoms with E-state index in [2.05, 4.69) is 33.7 Å². The first kappa shape index (κ1) is 11.6. The van der Waals surface area contributed by atoms with Gasteiger partial charge in [0, 0.05) is 7.14 Å². The molecular formula is C9H4I2N2O. The first-order valence-corrected chi connectivity index (χ1v) is 5.74. The molecule has 0 radical (unpaired) electrons. The average Bonchev–Trinajstić information content (AvgIpc) is 2.18. The van der Waals surface area contributed by atoms with Crippen LogP contribution in [0.1, 0.15) is 11.1 Å². The predicted molar refractivity (Wildman–Crippen MR) is 69.1 cm³/mol. The minimum Gasteiger partial charge on any atom is -0.211 e. The third-order valence-electron chi connectivity index (χ3n) is 1.72. The van der Waals surface area contributed by atoms with Gasteiger partial charge in [-0.05, 0) is 63.7 Å². The molecule has 0 amide bonds. The van der Waals surface area contributed by atoms with Gasteiger partial charge in [0.25, 0.3) is 0 Å². The van der Waals surface area contributed by atoms with Gasteiger partial charge < -0.3 is 0 Å². The molecule has 0 aliphatic rings. The number of carbonyl (C=O) groups excluding carboxylic acids is 1. The maximum absolute atomic E-state index is 10.2. The van der Waals surface area contributed by atoms with Gasteiger partial charge in [-0.3, -0.25) is 0 Å². The fourth-order valence-electron chi connectivity index (χ4n) is 0.968. The topological polar surface area (TPSA) is 53.2 Å². The minimum absolute atomic E-state index is 0.595. The lowest BCUT2D eigenvalue weighted by Crippen LogP contribution is -1.90. The van der Waals surface area contributed by atoms with Crippen molar-refractivity contribution < 1.29 is 4.79 Å². The number of rotatable bonds is 1. The minimum atomic E-state index is 0.595. The van der Waals surface area contributed by atoms with E-state index in [1.54, 1.807) is 6.07 Å². The van der Waals surface area contributed by atoms with Gasteiger partial charge in [-0.25, -0.2) is 4.79 Å². The van der Waals surface area contributed by atoms with Crippen LogP contribution in [0.3, 0.4) is 0 Å². The number of nitriles is 1. The monoisotopic (exact) mass is 410 g/mol. The molecular weight excluding hydrogens is 406 g/mol. The Bertz CT molecular complexity index is 471. The summed E-state index contributed by atoms with van der Waals surface area (Å²) in [4.78, 5) is 13.8. The highest BCUT2D eigenvalue weighted by Crippen LogP contribution is 2.31. The van der Waals surface area contributed by atoms with E-state index in [0.29, 0.717) is 11.3 Å². The first-order valence-electron chi connectivity index (χ1n) is 3.58. The van der Waals surface area contributed by atoms with Gasteiger partial charge in [0.05, 0.1) is 11.6 Å². The molecule has 0 unspecified atom stereocenters. The SMILES string of the molecule is Cc1c(C#N)cc(I)c(N=C=O)c1I. The molecule has 0 aliphatic carbocycles. The van der Waals surface area contributed by atoms with Crippen LogP contribution in [0.5, 0.6) is 0 Å². The molecule has 3 nitrogen and oxygen atoms in total. The zero-order valence-electron chi connectivity index (χ0n) is 7.14. The van der Waals surface area contributed by atoms with E-state index < -0.39 is 0 Å². The van der Waals surface area contributed by atoms with Crippen molar-refractivity contribution in [2.45, 2.75) is 6.92 Å². The lowest BCUT2D eigenvalue weighted by atomic mass is 10.1. The van der Waals surface area contributed by atoms with E-state index in [4.69, 9.17) is 5.26 Å². The van der Waals surface area contributed by atoms with Crippen molar-refractivity contribution in [2.24, 2.45) is 4.99 Å². The van der Waals surface area contributed by atoms with E-state index in [0.717, 1.165) is 12.7 Å². The van der Waals surface area contributed by atoms with Gasteiger partial charge >= 0.3 is 0 Å². The Morgan fingerprint density at radius 2 is 2.14 bits per heavy atom. The Hall–Kier alpha value is -0.450. The summed E-state index contributed by atoms with van der Waals surface area (Å²) >= 11 is 4.12. The summed E-state index contributed by atoms with van der Waals surface area (Å²) in [7, 11) is 0. The van der Waals surface area contributed by atoms with Crippen molar-refractivity contribution in [1.29, 1.82) is 5.26 Å². The third kappa shape index (κ3) is 2.13. The van der Waals surface area contributed by atoms with Crippen LogP contribution in [0, 0.1) is 25.4 Å². The Kier molecular flexibility index (Phi) is 4.04. The number of benzene rings is 1. The summed E-state index contributed by atoms with van der Waals surface area (Å²) in [6.45, 7) is 1.83. The molecule has 1 aromatic rings. The van der Waals surface area contributed by atoms with Crippen LogP contribution in [0.25, 0.3) is 0 Å². The number of hydrogen-bond donors (Lipinski definition) is 0. The van der Waals surface area contributed by atoms with Crippen LogP contribution in [-0.4, -0.2) is 6.08 Å². The zero-order valence-corrected chi connectivity index (χ0v) is 11.5. The summed E-state index contributed by atoms with van der Waals surface area (Å²) in [6.07, 6.45) is 1.51. The Balaban J connectivity index is 3.58. The van der Waals surface area contributed by atoms with Crippen molar-refractivity contribution in [3.05, 3.63) is 24.3 Å². The smallest absolute Gasteiger partial charge is 0.211 e. The third-order valence-corrected chi connectivity index (χ3v) is 3.86. The van der Waals surface area contributed by atoms with Crippen molar-refractivity contribution in [3.63, 3.8) is 0 Å². The van der Waals surface area contributed by atoms with Crippen LogP contribution in [0.4, 0.5) is 5.69 Å². The average molecular weight is 410 g/mol. The second kappa shape index (κ2) is 4.87. The van der Waals surface area contributed by atoms with Gasteiger partial charge in [0.1, 0.15) is 5.69 Å². The number of hydrogen-bond acceptors (Lipinski definition) is 3. The van der Waals surface area contributed by atoms with Crippen LogP contribution in [-0.2, 0) is 4.79 Å². The Morgan fingerprint density at radius 1 is 1.50 bits per heavy atom. The molecule has 0 bridgehead atoms. The standard InChI is InChI=1S/C9H4I2N2O/c1-5-6(3-12)2-7(10)9(8(5)11)13-4-14/h2H,1H3. The van der Waals surface area contributed by atoms with Gasteiger partial charge in [-0.2, -0.15) is 10.3 Å². The molecule has 14 heavy (non-hydrogen) atoms. The summed E-state index contributed by atoms with van der Waals surface area (Å²) < 4.78 is 1.62. The van der Waals surface area contributed by atoms with E-state index in [1.807, 2.05) is 29.5 Å². The number of halogens is 2. The lowest BCUT2D eigenvalue weighted by Gasteiger charge is -2.05. The highest BCUT2D eigenvalue weighted by atomic mass is 127. The maximum Gasteiger partial charge on any atom is 0.240 e. The fraction of sp³-hybridized carbons (Fsp3) is 0.111. The summed E-state index contributed by atoms with van der Waals surface area (Å²) in [5.41, 5.74) is 2.06. The number of aliphatic imine (C=N–C) groups is 1. The molecule has 0 fully saturated rings. The molecule has 1 aromatic carbocycles. The Morgan fingerprint density at radius 3 is 2.64 bits per heavy atom. The maximum atomic E-state index is 10.2. The van der Waals surface area contributed by atoms with Crippen molar-refractivity contribution >= 4 is 56.9 Å². The molecule has 0 heterocycles. The van der Waals surface area contributed by atoms with Crippen LogP contribution < -0.4 is 0 Å². The van der Waals surface area contributed by atoms with Crippen molar-refractivity contribution in [2.75, 3.05) is 0 Å². The molecule has 0 aromatic heterocycles. The van der Waals surface area contributed by atoms with E-state index >= 15 is 0 Å². The van der Waals surface area contributed by atoms with E-state index in [-0.39, 0.29) is 0 Å². The van der Waals surface area contributed by atoms with E-state index in [1.165, 1.54) is 6.08 Å². The number of nitrogens with zero attached hydrogens (tertiary/aromatic N) is 2. The molecule has 70 valence electrons. The molecule has 1 rings (SSSR count). The molecule has 0 spiro atoms. The molecule has 0 saturated heterocycles. The lowest BCUT2D eigenvalue weighted by molar-refractivity contribution is 0.565. The zero-order chi connectivity index (χ0) is 10.7. The molecule has 0 aliphatic heterocycles. The van der Waals surface area contributed by atoms with E-state index in [9.17, 15) is 4.79 Å². The van der Waals surface area contributed by atoms with Crippen LogP contribution in [0.15, 0.2) is 11.1 Å². The quantitative estimate of drug-likeness (QED) is 0.406. The fourth-order valence-corrected chi connectivity index (χ4v) is 2.89. The summed E-state index contributed by atoms with van der Waals surface area (Å²) in [6, 6.07) is 3.81. The number of isocyanates is 1. The molecule has 0 saturated carbocycles. The highest BCUT2D eigenvalue weighted by Gasteiger charge is 2.11. The summed E-state index contributed by atoms with van der Waals surface area (Å²) in [5.74, 6) is 0. The molecule has 5 heteroatoms. The Labute approximate surface area is 108 Å². The van der Waals surface area contributed by atoms with Gasteiger partial charge in [-0.15, -0.1) is 0 Å². The largest absolute Gasteiger partial charge is 0.240 e. The van der Waals surface area contributed by atoms with Crippen molar-refractivity contribution in [3.8, 4) is 6.07 Å². The van der Waals surface area contributed by atoms with Gasteiger partial charge in [0.15, 0.2) is 0 Å². The second-order valence-corrected chi connectivity index (χ2v) is 4.75. The first-order chi connectivity index (χ1) is 6.61. The van der Waals surface area contributed by atoms with Gasteiger partial charge in [0.2, 0.25) is 6.08 Å². The predicted octanol–water partition coefficient (Wildman–Crippen LogP) is 3.04. The second-order valence-electron chi connectivity index (χ2n) is 2.51. The molecule has 0 N–H and O–H groups in total. The van der Waals surface area contributed by atoms with Crippen molar-refractivity contribution in [1.82, 2.24) is 0 Å².